The van der Waals surface area contributed by atoms with Crippen LogP contribution in [0.3, 0.4) is 0 Å². The van der Waals surface area contributed by atoms with Crippen molar-refractivity contribution >= 4 is 5.91 Å². The second kappa shape index (κ2) is 6.08. The Morgan fingerprint density at radius 1 is 1.33 bits per heavy atom. The molecule has 4 heteroatoms. The Hall–Kier alpha value is -0.610. The van der Waals surface area contributed by atoms with E-state index < -0.39 is 0 Å². The fourth-order valence-electron chi connectivity index (χ4n) is 2.07. The quantitative estimate of drug-likeness (QED) is 0.723. The van der Waals surface area contributed by atoms with Crippen molar-refractivity contribution in [3.63, 3.8) is 0 Å². The maximum Gasteiger partial charge on any atom is 0.233 e. The monoisotopic (exact) mass is 214 g/mol. The lowest BCUT2D eigenvalue weighted by atomic mass is 10.00. The van der Waals surface area contributed by atoms with Gasteiger partial charge in [-0.25, -0.2) is 0 Å². The van der Waals surface area contributed by atoms with E-state index in [1.54, 1.807) is 0 Å². The highest BCUT2D eigenvalue weighted by atomic mass is 16.5. The second-order valence-corrected chi connectivity index (χ2v) is 4.26. The van der Waals surface area contributed by atoms with Crippen molar-refractivity contribution < 1.29 is 9.53 Å². The van der Waals surface area contributed by atoms with Crippen molar-refractivity contribution in [2.45, 2.75) is 51.9 Å². The van der Waals surface area contributed by atoms with Crippen molar-refractivity contribution in [3.8, 4) is 0 Å². The predicted octanol–water partition coefficient (Wildman–Crippen LogP) is 0.668. The van der Waals surface area contributed by atoms with Crippen molar-refractivity contribution in [2.24, 2.45) is 0 Å². The molecular formula is C11H22N2O2. The molecule has 2 N–H and O–H groups in total. The van der Waals surface area contributed by atoms with Crippen LogP contribution in [0, 0.1) is 0 Å². The molecule has 1 fully saturated rings. The summed E-state index contributed by atoms with van der Waals surface area (Å²) in [4.78, 5) is 11.2. The first-order valence-corrected chi connectivity index (χ1v) is 5.77. The Kier molecular flexibility index (Phi) is 5.05. The predicted molar refractivity (Wildman–Crippen MR) is 59.7 cm³/mol. The first-order chi connectivity index (χ1) is 7.11. The summed E-state index contributed by atoms with van der Waals surface area (Å²) in [6.07, 6.45) is 2.56. The van der Waals surface area contributed by atoms with Gasteiger partial charge >= 0.3 is 0 Å². The summed E-state index contributed by atoms with van der Waals surface area (Å²) >= 11 is 0. The molecule has 0 aromatic carbocycles. The Morgan fingerprint density at radius 3 is 2.47 bits per heavy atom. The summed E-state index contributed by atoms with van der Waals surface area (Å²) in [5.41, 5.74) is 0. The standard InChI is InChI=1S/C11H22N2O2/c1-4-12-11(14)7-13-10-5-8(2)15-9(3)6-10/h8-10,13H,4-7H2,1-3H3,(H,12,14). The van der Waals surface area contributed by atoms with Crippen LogP contribution >= 0.6 is 0 Å². The van der Waals surface area contributed by atoms with Crippen LogP contribution in [0.4, 0.5) is 0 Å². The van der Waals surface area contributed by atoms with Gasteiger partial charge in [-0.2, -0.15) is 0 Å². The van der Waals surface area contributed by atoms with Gasteiger partial charge in [0, 0.05) is 12.6 Å². The number of rotatable bonds is 4. The zero-order valence-electron chi connectivity index (χ0n) is 9.88. The third-order valence-electron chi connectivity index (χ3n) is 2.62. The van der Waals surface area contributed by atoms with Crippen LogP contribution in [0.15, 0.2) is 0 Å². The molecule has 0 saturated carbocycles. The van der Waals surface area contributed by atoms with Gasteiger partial charge in [-0.3, -0.25) is 4.79 Å². The highest BCUT2D eigenvalue weighted by Gasteiger charge is 2.24. The maximum absolute atomic E-state index is 11.2. The highest BCUT2D eigenvalue weighted by Crippen LogP contribution is 2.18. The molecule has 0 aromatic rings. The average molecular weight is 214 g/mol. The van der Waals surface area contributed by atoms with Crippen LogP contribution in [0.25, 0.3) is 0 Å². The number of hydrogen-bond acceptors (Lipinski definition) is 3. The van der Waals surface area contributed by atoms with Gasteiger partial charge in [-0.15, -0.1) is 0 Å². The molecule has 88 valence electrons. The van der Waals surface area contributed by atoms with Crippen LogP contribution in [-0.4, -0.2) is 37.2 Å². The van der Waals surface area contributed by atoms with Gasteiger partial charge < -0.3 is 15.4 Å². The topological polar surface area (TPSA) is 50.4 Å². The minimum Gasteiger partial charge on any atom is -0.375 e. The largest absolute Gasteiger partial charge is 0.375 e. The maximum atomic E-state index is 11.2. The van der Waals surface area contributed by atoms with Gasteiger partial charge in [-0.1, -0.05) is 0 Å². The summed E-state index contributed by atoms with van der Waals surface area (Å²) in [5.74, 6) is 0.0734. The molecule has 0 aromatic heterocycles. The van der Waals surface area contributed by atoms with E-state index in [-0.39, 0.29) is 5.91 Å². The van der Waals surface area contributed by atoms with Gasteiger partial charge in [0.2, 0.25) is 5.91 Å². The molecule has 15 heavy (non-hydrogen) atoms. The third kappa shape index (κ3) is 4.62. The zero-order chi connectivity index (χ0) is 11.3. The summed E-state index contributed by atoms with van der Waals surface area (Å²) in [6, 6.07) is 0.409. The van der Waals surface area contributed by atoms with Crippen molar-refractivity contribution in [2.75, 3.05) is 13.1 Å². The number of carbonyl (C=O) groups excluding carboxylic acids is 1. The molecule has 1 aliphatic heterocycles. The van der Waals surface area contributed by atoms with Gasteiger partial charge in [0.05, 0.1) is 18.8 Å². The van der Waals surface area contributed by atoms with Gasteiger partial charge in [-0.05, 0) is 33.6 Å². The van der Waals surface area contributed by atoms with E-state index in [9.17, 15) is 4.79 Å². The fraction of sp³-hybridized carbons (Fsp3) is 0.909. The molecule has 2 atom stereocenters. The van der Waals surface area contributed by atoms with E-state index in [2.05, 4.69) is 24.5 Å². The van der Waals surface area contributed by atoms with Crippen molar-refractivity contribution in [1.29, 1.82) is 0 Å². The molecule has 0 spiro atoms. The Balaban J connectivity index is 2.23. The van der Waals surface area contributed by atoms with E-state index in [1.165, 1.54) is 0 Å². The first-order valence-electron chi connectivity index (χ1n) is 5.77. The smallest absolute Gasteiger partial charge is 0.233 e. The number of ether oxygens (including phenoxy) is 1. The number of likely N-dealkylation sites (N-methyl/N-ethyl adjacent to an activating group) is 1. The summed E-state index contributed by atoms with van der Waals surface area (Å²) < 4.78 is 5.63. The molecule has 1 aliphatic rings. The number of hydrogen-bond donors (Lipinski definition) is 2. The van der Waals surface area contributed by atoms with E-state index in [1.807, 2.05) is 6.92 Å². The Bertz CT molecular complexity index is 199. The van der Waals surface area contributed by atoms with E-state index in [0.29, 0.717) is 31.3 Å². The fourth-order valence-corrected chi connectivity index (χ4v) is 2.07. The van der Waals surface area contributed by atoms with E-state index in [4.69, 9.17) is 4.74 Å². The lowest BCUT2D eigenvalue weighted by Crippen LogP contribution is -2.45. The molecule has 1 amide bonds. The van der Waals surface area contributed by atoms with E-state index in [0.717, 1.165) is 12.8 Å². The lowest BCUT2D eigenvalue weighted by molar-refractivity contribution is -0.120. The third-order valence-corrected chi connectivity index (χ3v) is 2.62. The summed E-state index contributed by atoms with van der Waals surface area (Å²) in [6.45, 7) is 7.20. The number of carbonyl (C=O) groups is 1. The Labute approximate surface area is 91.8 Å². The van der Waals surface area contributed by atoms with Gasteiger partial charge in [0.1, 0.15) is 0 Å². The molecule has 1 rings (SSSR count). The van der Waals surface area contributed by atoms with Crippen LogP contribution in [0.1, 0.15) is 33.6 Å². The molecule has 0 radical (unpaired) electrons. The molecule has 0 bridgehead atoms. The lowest BCUT2D eigenvalue weighted by Gasteiger charge is -2.32. The SMILES string of the molecule is CCNC(=O)CNC1CC(C)OC(C)C1. The second-order valence-electron chi connectivity index (χ2n) is 4.26. The molecule has 0 aliphatic carbocycles. The van der Waals surface area contributed by atoms with E-state index >= 15 is 0 Å². The van der Waals surface area contributed by atoms with Crippen LogP contribution in [-0.2, 0) is 9.53 Å². The van der Waals surface area contributed by atoms with Crippen LogP contribution in [0.2, 0.25) is 0 Å². The van der Waals surface area contributed by atoms with Crippen molar-refractivity contribution in [3.05, 3.63) is 0 Å². The molecular weight excluding hydrogens is 192 g/mol. The van der Waals surface area contributed by atoms with Crippen molar-refractivity contribution in [1.82, 2.24) is 10.6 Å². The number of amides is 1. The molecule has 4 nitrogen and oxygen atoms in total. The average Bonchev–Trinajstić information content (AvgIpc) is 2.14. The van der Waals surface area contributed by atoms with Crippen LogP contribution in [0.5, 0.6) is 0 Å². The summed E-state index contributed by atoms with van der Waals surface area (Å²) in [5, 5.41) is 6.05. The normalized spacial score (nSPS) is 31.3. The molecule has 1 heterocycles. The van der Waals surface area contributed by atoms with Gasteiger partial charge in [0.25, 0.3) is 0 Å². The molecule has 1 saturated heterocycles. The minimum atomic E-state index is 0.0734. The minimum absolute atomic E-state index is 0.0734. The Morgan fingerprint density at radius 2 is 1.93 bits per heavy atom. The van der Waals surface area contributed by atoms with Crippen LogP contribution < -0.4 is 10.6 Å². The van der Waals surface area contributed by atoms with Gasteiger partial charge in [0.15, 0.2) is 0 Å². The first kappa shape index (κ1) is 12.5. The number of nitrogens with one attached hydrogen (secondary N) is 2. The molecule has 2 unspecified atom stereocenters. The highest BCUT2D eigenvalue weighted by molar-refractivity contribution is 5.77. The summed E-state index contributed by atoms with van der Waals surface area (Å²) in [7, 11) is 0. The zero-order valence-corrected chi connectivity index (χ0v) is 9.88.